The molecule has 3 aromatic rings. The number of carbonyl (C=O) groups excluding carboxylic acids is 2. The van der Waals surface area contributed by atoms with E-state index in [4.69, 9.17) is 4.74 Å². The first-order chi connectivity index (χ1) is 15.9. The summed E-state index contributed by atoms with van der Waals surface area (Å²) in [6.07, 6.45) is 0.600. The van der Waals surface area contributed by atoms with Crippen LogP contribution in [0, 0.1) is 0 Å². The molecule has 1 unspecified atom stereocenters. The summed E-state index contributed by atoms with van der Waals surface area (Å²) in [6, 6.07) is 18.6. The van der Waals surface area contributed by atoms with Crippen molar-refractivity contribution in [1.29, 1.82) is 0 Å². The van der Waals surface area contributed by atoms with Gasteiger partial charge in [0.15, 0.2) is 0 Å². The van der Waals surface area contributed by atoms with Crippen LogP contribution in [0.4, 0.5) is 0 Å². The van der Waals surface area contributed by atoms with Crippen LogP contribution < -0.4 is 0 Å². The molecule has 2 N–H and O–H groups in total. The highest BCUT2D eigenvalue weighted by Crippen LogP contribution is 2.41. The predicted octanol–water partition coefficient (Wildman–Crippen LogP) is 4.78. The fourth-order valence-corrected chi connectivity index (χ4v) is 4.28. The number of benzene rings is 3. The standard InChI is InChI=1S/C27H27NO5/c1-17(2)33-15-7-14-28-24(19-10-5-11-20(29)16-19)23(26(31)27(28)32)25(30)22-13-6-9-18-8-3-4-12-21(18)22/h3-6,8-13,16-17,24,29-30H,7,14-15H2,1-2H3/b25-23-. The van der Waals surface area contributed by atoms with Crippen molar-refractivity contribution in [2.75, 3.05) is 13.2 Å². The summed E-state index contributed by atoms with van der Waals surface area (Å²) in [5.41, 5.74) is 1.06. The molecule has 6 nitrogen and oxygen atoms in total. The summed E-state index contributed by atoms with van der Waals surface area (Å²) in [4.78, 5) is 27.7. The lowest BCUT2D eigenvalue weighted by Gasteiger charge is -2.25. The minimum atomic E-state index is -0.810. The zero-order valence-corrected chi connectivity index (χ0v) is 18.7. The van der Waals surface area contributed by atoms with Crippen molar-refractivity contribution >= 4 is 28.2 Å². The number of nitrogens with zero attached hydrogens (tertiary/aromatic N) is 1. The second-order valence-electron chi connectivity index (χ2n) is 8.39. The minimum absolute atomic E-state index is 0.0198. The maximum absolute atomic E-state index is 13.2. The molecule has 1 heterocycles. The van der Waals surface area contributed by atoms with Gasteiger partial charge in [-0.2, -0.15) is 0 Å². The molecule has 6 heteroatoms. The third-order valence-corrected chi connectivity index (χ3v) is 5.77. The van der Waals surface area contributed by atoms with E-state index in [1.54, 1.807) is 24.3 Å². The maximum atomic E-state index is 13.2. The van der Waals surface area contributed by atoms with Crippen molar-refractivity contribution in [3.05, 3.63) is 83.4 Å². The number of phenols is 1. The Labute approximate surface area is 192 Å². The Morgan fingerprint density at radius 2 is 1.76 bits per heavy atom. The predicted molar refractivity (Wildman–Crippen MR) is 127 cm³/mol. The molecule has 0 aliphatic carbocycles. The summed E-state index contributed by atoms with van der Waals surface area (Å²) in [7, 11) is 0. The lowest BCUT2D eigenvalue weighted by atomic mass is 9.93. The number of hydrogen-bond donors (Lipinski definition) is 2. The highest BCUT2D eigenvalue weighted by Gasteiger charge is 2.46. The van der Waals surface area contributed by atoms with E-state index in [1.165, 1.54) is 17.0 Å². The van der Waals surface area contributed by atoms with Crippen molar-refractivity contribution < 1.29 is 24.5 Å². The van der Waals surface area contributed by atoms with Gasteiger partial charge in [-0.15, -0.1) is 0 Å². The molecule has 0 aromatic heterocycles. The zero-order chi connectivity index (χ0) is 23.5. The molecule has 3 aromatic carbocycles. The van der Waals surface area contributed by atoms with Crippen molar-refractivity contribution in [2.24, 2.45) is 0 Å². The van der Waals surface area contributed by atoms with Crippen LogP contribution in [0.3, 0.4) is 0 Å². The fraction of sp³-hybridized carbons (Fsp3) is 0.259. The molecule has 1 aliphatic heterocycles. The molecule has 1 amide bonds. The minimum Gasteiger partial charge on any atom is -0.508 e. The van der Waals surface area contributed by atoms with Crippen molar-refractivity contribution in [2.45, 2.75) is 32.4 Å². The van der Waals surface area contributed by atoms with Gasteiger partial charge < -0.3 is 19.8 Å². The summed E-state index contributed by atoms with van der Waals surface area (Å²) in [5, 5.41) is 23.1. The Kier molecular flexibility index (Phi) is 6.47. The molecule has 1 aliphatic rings. The van der Waals surface area contributed by atoms with Gasteiger partial charge >= 0.3 is 0 Å². The SMILES string of the molecule is CC(C)OCCCN1C(=O)C(=O)/C(=C(\O)c2cccc3ccccc23)C1c1cccc(O)c1. The Morgan fingerprint density at radius 1 is 1.03 bits per heavy atom. The average molecular weight is 446 g/mol. The molecule has 1 atom stereocenters. The first-order valence-electron chi connectivity index (χ1n) is 11.1. The number of carbonyl (C=O) groups is 2. The fourth-order valence-electron chi connectivity index (χ4n) is 4.28. The van der Waals surface area contributed by atoms with E-state index in [0.29, 0.717) is 24.2 Å². The summed E-state index contributed by atoms with van der Waals surface area (Å²) >= 11 is 0. The largest absolute Gasteiger partial charge is 0.508 e. The van der Waals surface area contributed by atoms with E-state index in [0.717, 1.165) is 10.8 Å². The number of amides is 1. The normalized spacial score (nSPS) is 17.9. The topological polar surface area (TPSA) is 87.1 Å². The number of aliphatic hydroxyl groups excluding tert-OH is 1. The van der Waals surface area contributed by atoms with Gasteiger partial charge in [0, 0.05) is 18.7 Å². The Hall–Kier alpha value is -3.64. The van der Waals surface area contributed by atoms with Crippen LogP contribution in [0.5, 0.6) is 5.75 Å². The van der Waals surface area contributed by atoms with Gasteiger partial charge in [0.1, 0.15) is 11.5 Å². The maximum Gasteiger partial charge on any atom is 0.295 e. The lowest BCUT2D eigenvalue weighted by molar-refractivity contribution is -0.140. The number of fused-ring (bicyclic) bond motifs is 1. The first-order valence-corrected chi connectivity index (χ1v) is 11.1. The van der Waals surface area contributed by atoms with E-state index in [-0.39, 0.29) is 29.7 Å². The number of phenolic OH excluding ortho intramolecular Hbond substituents is 1. The quantitative estimate of drug-likeness (QED) is 0.236. The van der Waals surface area contributed by atoms with E-state index < -0.39 is 17.7 Å². The Bertz CT molecular complexity index is 1220. The molecule has 0 radical (unpaired) electrons. The van der Waals surface area contributed by atoms with Gasteiger partial charge in [-0.05, 0) is 48.7 Å². The summed E-state index contributed by atoms with van der Waals surface area (Å²) in [6.45, 7) is 4.59. The number of ether oxygens (including phenoxy) is 1. The van der Waals surface area contributed by atoms with Crippen LogP contribution >= 0.6 is 0 Å². The van der Waals surface area contributed by atoms with Gasteiger partial charge in [-0.25, -0.2) is 0 Å². The molecule has 1 saturated heterocycles. The van der Waals surface area contributed by atoms with Crippen LogP contribution in [0.2, 0.25) is 0 Å². The number of rotatable bonds is 7. The second kappa shape index (κ2) is 9.46. The molecular weight excluding hydrogens is 418 g/mol. The molecule has 33 heavy (non-hydrogen) atoms. The Morgan fingerprint density at radius 3 is 2.52 bits per heavy atom. The number of Topliss-reactive ketones (excluding diaryl/α,β-unsaturated/α-hetero) is 1. The molecule has 1 fully saturated rings. The van der Waals surface area contributed by atoms with Crippen molar-refractivity contribution in [3.8, 4) is 5.75 Å². The van der Waals surface area contributed by atoms with Crippen LogP contribution in [-0.4, -0.2) is 46.1 Å². The van der Waals surface area contributed by atoms with Crippen molar-refractivity contribution in [3.63, 3.8) is 0 Å². The third-order valence-electron chi connectivity index (χ3n) is 5.77. The Balaban J connectivity index is 1.82. The number of aliphatic hydroxyl groups is 1. The van der Waals surface area contributed by atoms with Gasteiger partial charge in [-0.1, -0.05) is 54.6 Å². The number of hydrogen-bond acceptors (Lipinski definition) is 5. The molecular formula is C27H27NO5. The lowest BCUT2D eigenvalue weighted by Crippen LogP contribution is -2.31. The molecule has 0 spiro atoms. The van der Waals surface area contributed by atoms with Crippen LogP contribution in [0.25, 0.3) is 16.5 Å². The van der Waals surface area contributed by atoms with Gasteiger partial charge in [0.25, 0.3) is 11.7 Å². The van der Waals surface area contributed by atoms with Gasteiger partial charge in [0.2, 0.25) is 0 Å². The molecule has 4 rings (SSSR count). The summed E-state index contributed by atoms with van der Waals surface area (Å²) < 4.78 is 5.59. The van der Waals surface area contributed by atoms with Crippen molar-refractivity contribution in [1.82, 2.24) is 4.90 Å². The number of aromatic hydroxyl groups is 1. The monoisotopic (exact) mass is 445 g/mol. The summed E-state index contributed by atoms with van der Waals surface area (Å²) in [5.74, 6) is -1.61. The highest BCUT2D eigenvalue weighted by molar-refractivity contribution is 6.46. The number of likely N-dealkylation sites (tertiary alicyclic amines) is 1. The van der Waals surface area contributed by atoms with E-state index >= 15 is 0 Å². The van der Waals surface area contributed by atoms with E-state index in [1.807, 2.05) is 44.2 Å². The van der Waals surface area contributed by atoms with Crippen LogP contribution in [0.1, 0.15) is 37.4 Å². The average Bonchev–Trinajstić information content (AvgIpc) is 3.06. The zero-order valence-electron chi connectivity index (χ0n) is 18.7. The molecule has 0 bridgehead atoms. The molecule has 0 saturated carbocycles. The van der Waals surface area contributed by atoms with Crippen LogP contribution in [-0.2, 0) is 14.3 Å². The van der Waals surface area contributed by atoms with E-state index in [2.05, 4.69) is 0 Å². The smallest absolute Gasteiger partial charge is 0.295 e. The highest BCUT2D eigenvalue weighted by atomic mass is 16.5. The van der Waals surface area contributed by atoms with Gasteiger partial charge in [-0.3, -0.25) is 9.59 Å². The first kappa shape index (κ1) is 22.6. The van der Waals surface area contributed by atoms with Crippen LogP contribution in [0.15, 0.2) is 72.3 Å². The third kappa shape index (κ3) is 4.47. The second-order valence-corrected chi connectivity index (χ2v) is 8.39. The molecule has 170 valence electrons. The number of ketones is 1. The van der Waals surface area contributed by atoms with E-state index in [9.17, 15) is 19.8 Å². The van der Waals surface area contributed by atoms with Gasteiger partial charge in [0.05, 0.1) is 17.7 Å².